The van der Waals surface area contributed by atoms with Gasteiger partial charge in [-0.3, -0.25) is 4.79 Å². The Morgan fingerprint density at radius 2 is 1.75 bits per heavy atom. The van der Waals surface area contributed by atoms with Crippen LogP contribution in [0.2, 0.25) is 5.02 Å². The lowest BCUT2D eigenvalue weighted by atomic mass is 9.87. The van der Waals surface area contributed by atoms with E-state index >= 15 is 0 Å². The minimum absolute atomic E-state index is 0.123. The van der Waals surface area contributed by atoms with Crippen molar-refractivity contribution in [1.29, 1.82) is 0 Å². The third-order valence-electron chi connectivity index (χ3n) is 5.55. The Hall–Kier alpha value is -3.25. The van der Waals surface area contributed by atoms with Crippen LogP contribution < -0.4 is 14.2 Å². The van der Waals surface area contributed by atoms with Crippen molar-refractivity contribution >= 4 is 17.5 Å². The van der Waals surface area contributed by atoms with Gasteiger partial charge in [-0.15, -0.1) is 0 Å². The summed E-state index contributed by atoms with van der Waals surface area (Å²) in [6, 6.07) is 17.2. The molecule has 4 rings (SSSR count). The molecular weight excluding hydrogens is 433 g/mol. The Morgan fingerprint density at radius 3 is 2.44 bits per heavy atom. The first kappa shape index (κ1) is 22.0. The van der Waals surface area contributed by atoms with Crippen LogP contribution in [0.25, 0.3) is 0 Å². The average Bonchev–Trinajstić information content (AvgIpc) is 2.82. The number of methoxy groups -OCH3 is 2. The normalized spacial score (nSPS) is 15.1. The van der Waals surface area contributed by atoms with E-state index in [-0.39, 0.29) is 29.3 Å². The number of hydrogen-bond acceptors (Lipinski definition) is 4. The summed E-state index contributed by atoms with van der Waals surface area (Å²) in [6.07, 6.45) is 0.669. The highest BCUT2D eigenvalue weighted by molar-refractivity contribution is 6.32. The lowest BCUT2D eigenvalue weighted by Crippen LogP contribution is -2.43. The number of carbonyl (C=O) groups excluding carboxylic acids is 1. The molecule has 0 radical (unpaired) electrons. The lowest BCUT2D eigenvalue weighted by Gasteiger charge is -2.38. The third-order valence-corrected chi connectivity index (χ3v) is 5.85. The number of rotatable bonds is 6. The zero-order chi connectivity index (χ0) is 22.7. The van der Waals surface area contributed by atoms with Crippen molar-refractivity contribution in [3.8, 4) is 17.2 Å². The van der Waals surface area contributed by atoms with Gasteiger partial charge in [0.25, 0.3) is 5.91 Å². The quantitative estimate of drug-likeness (QED) is 0.522. The number of nitrogens with zero attached hydrogens (tertiary/aromatic N) is 1. The predicted octanol–water partition coefficient (Wildman–Crippen LogP) is 5.05. The number of amides is 1. The number of benzene rings is 3. The van der Waals surface area contributed by atoms with Gasteiger partial charge in [0.1, 0.15) is 11.6 Å². The Labute approximate surface area is 191 Å². The van der Waals surface area contributed by atoms with E-state index in [9.17, 15) is 9.18 Å². The van der Waals surface area contributed by atoms with Crippen LogP contribution in [-0.2, 0) is 11.2 Å². The summed E-state index contributed by atoms with van der Waals surface area (Å²) in [7, 11) is 3.20. The number of halogens is 2. The van der Waals surface area contributed by atoms with E-state index in [4.69, 9.17) is 25.8 Å². The van der Waals surface area contributed by atoms with Crippen molar-refractivity contribution in [2.75, 3.05) is 27.4 Å². The SMILES string of the molecule is COc1cc2c(cc1OC)[C@H](c1ccccc1)N(C(=O)COc1ccc(F)cc1Cl)CC2. The van der Waals surface area contributed by atoms with Crippen LogP contribution >= 0.6 is 11.6 Å². The molecule has 0 unspecified atom stereocenters. The van der Waals surface area contributed by atoms with Gasteiger partial charge < -0.3 is 19.1 Å². The van der Waals surface area contributed by atoms with Crippen molar-refractivity contribution in [3.63, 3.8) is 0 Å². The average molecular weight is 456 g/mol. The standard InChI is InChI=1S/C25H23ClFNO4/c1-30-22-12-17-10-11-28(24(29)15-32-21-9-8-18(27)13-20(21)26)25(16-6-4-3-5-7-16)19(17)14-23(22)31-2/h3-9,12-14,25H,10-11,15H2,1-2H3/t25-/m0/s1. The summed E-state index contributed by atoms with van der Waals surface area (Å²) in [4.78, 5) is 15.0. The number of carbonyl (C=O) groups is 1. The fourth-order valence-corrected chi connectivity index (χ4v) is 4.25. The van der Waals surface area contributed by atoms with E-state index in [1.54, 1.807) is 19.1 Å². The Bertz CT molecular complexity index is 1120. The van der Waals surface area contributed by atoms with E-state index in [1.807, 2.05) is 42.5 Å². The first-order valence-corrected chi connectivity index (χ1v) is 10.6. The smallest absolute Gasteiger partial charge is 0.261 e. The molecule has 32 heavy (non-hydrogen) atoms. The zero-order valence-corrected chi connectivity index (χ0v) is 18.6. The first-order valence-electron chi connectivity index (χ1n) is 10.2. The van der Waals surface area contributed by atoms with Gasteiger partial charge in [0.15, 0.2) is 18.1 Å². The van der Waals surface area contributed by atoms with E-state index in [0.717, 1.165) is 22.8 Å². The largest absolute Gasteiger partial charge is 0.493 e. The van der Waals surface area contributed by atoms with E-state index in [1.165, 1.54) is 12.1 Å². The molecule has 0 aliphatic carbocycles. The second kappa shape index (κ2) is 9.49. The van der Waals surface area contributed by atoms with Crippen LogP contribution in [0.3, 0.4) is 0 Å². The van der Waals surface area contributed by atoms with Crippen LogP contribution in [-0.4, -0.2) is 38.2 Å². The maximum atomic E-state index is 13.3. The van der Waals surface area contributed by atoms with Gasteiger partial charge in [-0.25, -0.2) is 4.39 Å². The monoisotopic (exact) mass is 455 g/mol. The summed E-state index contributed by atoms with van der Waals surface area (Å²) in [6.45, 7) is 0.304. The maximum Gasteiger partial charge on any atom is 0.261 e. The Balaban J connectivity index is 1.66. The molecule has 3 aromatic rings. The summed E-state index contributed by atoms with van der Waals surface area (Å²) in [5.41, 5.74) is 3.06. The van der Waals surface area contributed by atoms with Gasteiger partial charge in [0.2, 0.25) is 0 Å². The molecule has 1 aliphatic rings. The lowest BCUT2D eigenvalue weighted by molar-refractivity contribution is -0.135. The van der Waals surface area contributed by atoms with E-state index in [0.29, 0.717) is 24.5 Å². The summed E-state index contributed by atoms with van der Waals surface area (Å²) < 4.78 is 29.9. The minimum Gasteiger partial charge on any atom is -0.493 e. The van der Waals surface area contributed by atoms with Crippen molar-refractivity contribution < 1.29 is 23.4 Å². The van der Waals surface area contributed by atoms with Crippen LogP contribution in [0, 0.1) is 5.82 Å². The van der Waals surface area contributed by atoms with Gasteiger partial charge in [0.05, 0.1) is 25.3 Å². The van der Waals surface area contributed by atoms with Crippen molar-refractivity contribution in [2.45, 2.75) is 12.5 Å². The molecule has 5 nitrogen and oxygen atoms in total. The van der Waals surface area contributed by atoms with E-state index in [2.05, 4.69) is 0 Å². The number of ether oxygens (including phenoxy) is 3. The second-order valence-corrected chi connectivity index (χ2v) is 7.83. The molecule has 7 heteroatoms. The molecule has 0 spiro atoms. The zero-order valence-electron chi connectivity index (χ0n) is 17.8. The van der Waals surface area contributed by atoms with Gasteiger partial charge in [-0.05, 0) is 53.4 Å². The van der Waals surface area contributed by atoms with Crippen molar-refractivity contribution in [3.05, 3.63) is 88.2 Å². The van der Waals surface area contributed by atoms with Crippen LogP contribution in [0.15, 0.2) is 60.7 Å². The van der Waals surface area contributed by atoms with Crippen LogP contribution in [0.1, 0.15) is 22.7 Å². The molecule has 0 saturated carbocycles. The molecular formula is C25H23ClFNO4. The first-order chi connectivity index (χ1) is 15.5. The second-order valence-electron chi connectivity index (χ2n) is 7.42. The molecule has 3 aromatic carbocycles. The maximum absolute atomic E-state index is 13.3. The van der Waals surface area contributed by atoms with E-state index < -0.39 is 5.82 Å². The third kappa shape index (κ3) is 4.36. The highest BCUT2D eigenvalue weighted by Crippen LogP contribution is 2.41. The van der Waals surface area contributed by atoms with Gasteiger partial charge in [0, 0.05) is 6.54 Å². The molecule has 0 fully saturated rings. The van der Waals surface area contributed by atoms with Gasteiger partial charge in [-0.1, -0.05) is 41.9 Å². The highest BCUT2D eigenvalue weighted by Gasteiger charge is 2.33. The predicted molar refractivity (Wildman–Crippen MR) is 120 cm³/mol. The van der Waals surface area contributed by atoms with Crippen LogP contribution in [0.5, 0.6) is 17.2 Å². The Morgan fingerprint density at radius 1 is 1.03 bits per heavy atom. The summed E-state index contributed by atoms with van der Waals surface area (Å²) >= 11 is 6.04. The molecule has 0 aromatic heterocycles. The highest BCUT2D eigenvalue weighted by atomic mass is 35.5. The molecule has 0 bridgehead atoms. The number of fused-ring (bicyclic) bond motifs is 1. The molecule has 0 saturated heterocycles. The molecule has 1 amide bonds. The number of hydrogen-bond donors (Lipinski definition) is 0. The summed E-state index contributed by atoms with van der Waals surface area (Å²) in [5.74, 6) is 0.874. The molecule has 1 aliphatic heterocycles. The molecule has 1 atom stereocenters. The summed E-state index contributed by atoms with van der Waals surface area (Å²) in [5, 5.41) is 0.123. The van der Waals surface area contributed by atoms with Gasteiger partial charge >= 0.3 is 0 Å². The molecule has 1 heterocycles. The topological polar surface area (TPSA) is 48.0 Å². The molecule has 0 N–H and O–H groups in total. The minimum atomic E-state index is -0.463. The van der Waals surface area contributed by atoms with Crippen LogP contribution in [0.4, 0.5) is 4.39 Å². The fraction of sp³-hybridized carbons (Fsp3) is 0.240. The van der Waals surface area contributed by atoms with Crippen molar-refractivity contribution in [1.82, 2.24) is 4.90 Å². The Kier molecular flexibility index (Phi) is 6.51. The van der Waals surface area contributed by atoms with Crippen molar-refractivity contribution in [2.24, 2.45) is 0 Å². The van der Waals surface area contributed by atoms with Gasteiger partial charge in [-0.2, -0.15) is 0 Å². The molecule has 166 valence electrons. The fourth-order valence-electron chi connectivity index (χ4n) is 4.02.